The number of nitrogens with two attached hydrogens (primary N) is 1. The van der Waals surface area contributed by atoms with Crippen molar-refractivity contribution in [2.24, 2.45) is 22.1 Å². The molecule has 0 atom stereocenters. The third-order valence-corrected chi connectivity index (χ3v) is 2.61. The van der Waals surface area contributed by atoms with Crippen LogP contribution in [0.15, 0.2) is 4.99 Å². The van der Waals surface area contributed by atoms with Crippen molar-refractivity contribution >= 4 is 5.84 Å². The van der Waals surface area contributed by atoms with E-state index in [0.717, 1.165) is 18.8 Å². The first-order valence-corrected chi connectivity index (χ1v) is 4.69. The quantitative estimate of drug-likeness (QED) is 0.511. The molecular weight excluding hydrogens is 148 g/mol. The summed E-state index contributed by atoms with van der Waals surface area (Å²) in [5.41, 5.74) is 5.89. The van der Waals surface area contributed by atoms with E-state index in [1.165, 1.54) is 0 Å². The molecule has 2 heteroatoms. The van der Waals surface area contributed by atoms with Crippen molar-refractivity contribution in [3.05, 3.63) is 0 Å². The molecule has 0 aliphatic heterocycles. The highest BCUT2D eigenvalue weighted by molar-refractivity contribution is 5.79. The molecule has 0 bridgehead atoms. The van der Waals surface area contributed by atoms with Gasteiger partial charge < -0.3 is 5.73 Å². The summed E-state index contributed by atoms with van der Waals surface area (Å²) in [4.78, 5) is 4.33. The Kier molecular flexibility index (Phi) is 4.29. The zero-order valence-electron chi connectivity index (χ0n) is 9.02. The van der Waals surface area contributed by atoms with Gasteiger partial charge in [-0.05, 0) is 11.3 Å². The second-order valence-corrected chi connectivity index (χ2v) is 4.30. The molecule has 0 aliphatic carbocycles. The van der Waals surface area contributed by atoms with Crippen molar-refractivity contribution in [1.29, 1.82) is 0 Å². The van der Waals surface area contributed by atoms with E-state index < -0.39 is 0 Å². The zero-order valence-corrected chi connectivity index (χ0v) is 9.02. The third kappa shape index (κ3) is 3.74. The van der Waals surface area contributed by atoms with Crippen molar-refractivity contribution in [2.45, 2.75) is 41.0 Å². The summed E-state index contributed by atoms with van der Waals surface area (Å²) in [6.45, 7) is 11.8. The van der Waals surface area contributed by atoms with Crippen molar-refractivity contribution in [3.63, 3.8) is 0 Å². The van der Waals surface area contributed by atoms with E-state index in [9.17, 15) is 0 Å². The van der Waals surface area contributed by atoms with Crippen LogP contribution in [0.5, 0.6) is 0 Å². The molecule has 0 radical (unpaired) electrons. The average Bonchev–Trinajstić information content (AvgIpc) is 2.00. The summed E-state index contributed by atoms with van der Waals surface area (Å²) in [5, 5.41) is 0. The average molecular weight is 170 g/mol. The van der Waals surface area contributed by atoms with Crippen LogP contribution in [-0.4, -0.2) is 12.4 Å². The number of aliphatic imine (C=N–C) groups is 1. The third-order valence-electron chi connectivity index (χ3n) is 2.61. The molecule has 0 saturated heterocycles. The molecule has 0 aromatic rings. The minimum absolute atomic E-state index is 0.264. The molecule has 0 heterocycles. The summed E-state index contributed by atoms with van der Waals surface area (Å²) < 4.78 is 0. The van der Waals surface area contributed by atoms with Gasteiger partial charge in [-0.1, -0.05) is 34.6 Å². The lowest BCUT2D eigenvalue weighted by atomic mass is 9.81. The standard InChI is InChI=1S/C10H22N2/c1-6-9(11)12-7-10(4,5)8(2)3/h8H,6-7H2,1-5H3,(H2,11,12). The largest absolute Gasteiger partial charge is 0.387 e. The van der Waals surface area contributed by atoms with Gasteiger partial charge in [-0.25, -0.2) is 0 Å². The molecule has 0 unspecified atom stereocenters. The number of hydrogen-bond acceptors (Lipinski definition) is 1. The normalized spacial score (nSPS) is 14.0. The predicted molar refractivity (Wildman–Crippen MR) is 55.4 cm³/mol. The van der Waals surface area contributed by atoms with Gasteiger partial charge in [-0.15, -0.1) is 0 Å². The van der Waals surface area contributed by atoms with Crippen LogP contribution in [0.25, 0.3) is 0 Å². The van der Waals surface area contributed by atoms with Crippen molar-refractivity contribution < 1.29 is 0 Å². The van der Waals surface area contributed by atoms with Crippen LogP contribution in [0.1, 0.15) is 41.0 Å². The van der Waals surface area contributed by atoms with E-state index in [1.54, 1.807) is 0 Å². The summed E-state index contributed by atoms with van der Waals surface area (Å²) in [6.07, 6.45) is 0.855. The highest BCUT2D eigenvalue weighted by atomic mass is 14.9. The lowest BCUT2D eigenvalue weighted by Gasteiger charge is -2.27. The summed E-state index contributed by atoms with van der Waals surface area (Å²) >= 11 is 0. The molecule has 0 aromatic carbocycles. The number of nitrogens with zero attached hydrogens (tertiary/aromatic N) is 1. The minimum atomic E-state index is 0.264. The number of amidine groups is 1. The van der Waals surface area contributed by atoms with Gasteiger partial charge in [0.2, 0.25) is 0 Å². The predicted octanol–water partition coefficient (Wildman–Crippen LogP) is 2.44. The Morgan fingerprint density at radius 2 is 1.92 bits per heavy atom. The first-order valence-electron chi connectivity index (χ1n) is 4.69. The van der Waals surface area contributed by atoms with E-state index >= 15 is 0 Å². The lowest BCUT2D eigenvalue weighted by Crippen LogP contribution is -2.24. The fraction of sp³-hybridized carbons (Fsp3) is 0.900. The first-order chi connectivity index (χ1) is 5.40. The molecule has 0 aromatic heterocycles. The molecule has 0 spiro atoms. The van der Waals surface area contributed by atoms with E-state index in [2.05, 4.69) is 32.7 Å². The minimum Gasteiger partial charge on any atom is -0.387 e. The van der Waals surface area contributed by atoms with Crippen LogP contribution < -0.4 is 5.73 Å². The van der Waals surface area contributed by atoms with Crippen molar-refractivity contribution in [3.8, 4) is 0 Å². The highest BCUT2D eigenvalue weighted by Crippen LogP contribution is 2.25. The van der Waals surface area contributed by atoms with Crippen LogP contribution in [0, 0.1) is 11.3 Å². The summed E-state index contributed by atoms with van der Waals surface area (Å²) in [6, 6.07) is 0. The topological polar surface area (TPSA) is 38.4 Å². The summed E-state index contributed by atoms with van der Waals surface area (Å²) in [5.74, 6) is 1.41. The monoisotopic (exact) mass is 170 g/mol. The van der Waals surface area contributed by atoms with Crippen molar-refractivity contribution in [1.82, 2.24) is 0 Å². The van der Waals surface area contributed by atoms with Gasteiger partial charge in [-0.3, -0.25) is 4.99 Å². The SMILES string of the molecule is CCC(N)=NCC(C)(C)C(C)C. The fourth-order valence-electron chi connectivity index (χ4n) is 0.600. The number of rotatable bonds is 4. The van der Waals surface area contributed by atoms with E-state index in [1.807, 2.05) is 6.92 Å². The molecule has 2 N–H and O–H groups in total. The van der Waals surface area contributed by atoms with Gasteiger partial charge in [0.1, 0.15) is 0 Å². The maximum absolute atomic E-state index is 5.63. The molecule has 0 aliphatic rings. The Morgan fingerprint density at radius 1 is 1.42 bits per heavy atom. The maximum Gasteiger partial charge on any atom is 0.0934 e. The second-order valence-electron chi connectivity index (χ2n) is 4.30. The Hall–Kier alpha value is -0.530. The van der Waals surface area contributed by atoms with Gasteiger partial charge >= 0.3 is 0 Å². The van der Waals surface area contributed by atoms with E-state index in [4.69, 9.17) is 5.73 Å². The Labute approximate surface area is 76.3 Å². The van der Waals surface area contributed by atoms with E-state index in [-0.39, 0.29) is 5.41 Å². The number of hydrogen-bond donors (Lipinski definition) is 1. The van der Waals surface area contributed by atoms with E-state index in [0.29, 0.717) is 5.92 Å². The van der Waals surface area contributed by atoms with Gasteiger partial charge in [0.05, 0.1) is 5.84 Å². The lowest BCUT2D eigenvalue weighted by molar-refractivity contribution is 0.262. The van der Waals surface area contributed by atoms with Crippen LogP contribution >= 0.6 is 0 Å². The zero-order chi connectivity index (χ0) is 9.78. The molecule has 0 amide bonds. The first kappa shape index (κ1) is 11.5. The van der Waals surface area contributed by atoms with Crippen LogP contribution in [0.4, 0.5) is 0 Å². The molecule has 2 nitrogen and oxygen atoms in total. The smallest absolute Gasteiger partial charge is 0.0934 e. The fourth-order valence-corrected chi connectivity index (χ4v) is 0.600. The Morgan fingerprint density at radius 3 is 2.25 bits per heavy atom. The molecule has 72 valence electrons. The maximum atomic E-state index is 5.63. The van der Waals surface area contributed by atoms with Gasteiger partial charge in [0.15, 0.2) is 0 Å². The molecule has 0 saturated carbocycles. The molecular formula is C10H22N2. The van der Waals surface area contributed by atoms with Gasteiger partial charge in [0, 0.05) is 13.0 Å². The molecule has 0 fully saturated rings. The van der Waals surface area contributed by atoms with Crippen LogP contribution in [0.2, 0.25) is 0 Å². The Bertz CT molecular complexity index is 157. The van der Waals surface area contributed by atoms with Crippen molar-refractivity contribution in [2.75, 3.05) is 6.54 Å². The second kappa shape index (κ2) is 4.48. The molecule has 12 heavy (non-hydrogen) atoms. The van der Waals surface area contributed by atoms with Crippen LogP contribution in [-0.2, 0) is 0 Å². The van der Waals surface area contributed by atoms with Gasteiger partial charge in [-0.2, -0.15) is 0 Å². The highest BCUT2D eigenvalue weighted by Gasteiger charge is 2.21. The summed E-state index contributed by atoms with van der Waals surface area (Å²) in [7, 11) is 0. The Balaban J connectivity index is 4.08. The van der Waals surface area contributed by atoms with Crippen LogP contribution in [0.3, 0.4) is 0 Å². The van der Waals surface area contributed by atoms with Gasteiger partial charge in [0.25, 0.3) is 0 Å². The molecule has 0 rings (SSSR count).